The third kappa shape index (κ3) is 8.29. The van der Waals surface area contributed by atoms with Crippen LogP contribution in [0.2, 0.25) is 5.02 Å². The molecular formula is C43H54ClN3O9S. The fraction of sp³-hybridized carbons (Fsp3) is 0.651. The van der Waals surface area contributed by atoms with Crippen LogP contribution in [0.4, 0.5) is 0 Å². The molecule has 2 bridgehead atoms. The number of aromatic nitrogens is 1. The minimum atomic E-state index is -3.87. The van der Waals surface area contributed by atoms with E-state index in [-0.39, 0.29) is 73.4 Å². The van der Waals surface area contributed by atoms with E-state index in [0.29, 0.717) is 41.1 Å². The molecule has 4 aliphatic carbocycles. The van der Waals surface area contributed by atoms with Gasteiger partial charge in [0.15, 0.2) is 11.7 Å². The summed E-state index contributed by atoms with van der Waals surface area (Å²) in [6, 6.07) is 5.90. The third-order valence-corrected chi connectivity index (χ3v) is 15.9. The molecule has 12 nitrogen and oxygen atoms in total. The van der Waals surface area contributed by atoms with E-state index in [1.165, 1.54) is 4.90 Å². The van der Waals surface area contributed by atoms with E-state index in [4.69, 9.17) is 21.1 Å². The minimum absolute atomic E-state index is 0.0279. The number of rotatable bonds is 8. The maximum atomic E-state index is 15.0. The molecule has 2 aromatic rings. The monoisotopic (exact) mass is 823 g/mol. The number of nitrogens with one attached hydrogen (secondary N) is 1. The number of ketones is 1. The predicted molar refractivity (Wildman–Crippen MR) is 214 cm³/mol. The molecule has 0 radical (unpaired) electrons. The summed E-state index contributed by atoms with van der Waals surface area (Å²) in [4.78, 5) is 72.6. The molecule has 308 valence electrons. The van der Waals surface area contributed by atoms with Gasteiger partial charge in [-0.15, -0.1) is 6.58 Å². The number of benzene rings is 1. The van der Waals surface area contributed by atoms with E-state index >= 15 is 0 Å². The standard InChI is InChI=1S/C43H54ClN3O9S/c1-2-29-23-43(29,42(52)45-57(53,54)32-15-16-32)24-36(48)35-21-31-25-47(35)41(51)34(26-9-5-6-10-26)22-39(49)56-37-13-8-12-27(37)11-4-3-7-18-46-38(55-31)20-28-19-30(44)14-17-33(28)40(46)50/h2,14,17,19-20,26-27,29,31-32,34-35,37H,1,3-13,15-16,18,21-25H2,(H,45,52)/t27-,29+,31-,34+,35+,37-,43-/m1/s1. The Kier molecular flexibility index (Phi) is 11.4. The predicted octanol–water partition coefficient (Wildman–Crippen LogP) is 6.25. The van der Waals surface area contributed by atoms with E-state index in [0.717, 1.165) is 70.6 Å². The lowest BCUT2D eigenvalue weighted by atomic mass is 9.86. The van der Waals surface area contributed by atoms with Gasteiger partial charge in [-0.1, -0.05) is 43.4 Å². The summed E-state index contributed by atoms with van der Waals surface area (Å²) in [5, 5.41) is 0.980. The summed E-state index contributed by atoms with van der Waals surface area (Å²) >= 11 is 6.36. The van der Waals surface area contributed by atoms with Crippen molar-refractivity contribution in [1.82, 2.24) is 14.2 Å². The lowest BCUT2D eigenvalue weighted by Crippen LogP contribution is -2.47. The van der Waals surface area contributed by atoms with Crippen LogP contribution >= 0.6 is 11.6 Å². The Hall–Kier alpha value is -3.71. The second-order valence-electron chi connectivity index (χ2n) is 17.6. The fourth-order valence-corrected chi connectivity index (χ4v) is 11.9. The highest BCUT2D eigenvalue weighted by Gasteiger charge is 2.61. The Morgan fingerprint density at radius 1 is 0.930 bits per heavy atom. The van der Waals surface area contributed by atoms with Crippen molar-refractivity contribution in [2.24, 2.45) is 29.1 Å². The zero-order valence-corrected chi connectivity index (χ0v) is 34.1. The summed E-state index contributed by atoms with van der Waals surface area (Å²) in [5.41, 5.74) is -1.51. The van der Waals surface area contributed by atoms with Crippen LogP contribution in [0.3, 0.4) is 0 Å². The van der Waals surface area contributed by atoms with Gasteiger partial charge in [-0.05, 0) is 106 Å². The summed E-state index contributed by atoms with van der Waals surface area (Å²) < 4.78 is 42.4. The number of ether oxygens (including phenoxy) is 2. The first-order valence-electron chi connectivity index (χ1n) is 21.1. The van der Waals surface area contributed by atoms with Gasteiger partial charge in [-0.2, -0.15) is 0 Å². The maximum absolute atomic E-state index is 15.0. The van der Waals surface area contributed by atoms with Gasteiger partial charge >= 0.3 is 5.97 Å². The number of nitrogens with zero attached hydrogens (tertiary/aromatic N) is 2. The van der Waals surface area contributed by atoms with Crippen LogP contribution in [0.25, 0.3) is 10.8 Å². The van der Waals surface area contributed by atoms with Gasteiger partial charge in [0.2, 0.25) is 21.8 Å². The van der Waals surface area contributed by atoms with Gasteiger partial charge < -0.3 is 14.4 Å². The number of sulfonamides is 1. The van der Waals surface area contributed by atoms with Crippen LogP contribution in [-0.2, 0) is 40.5 Å². The zero-order chi connectivity index (χ0) is 40.1. The highest BCUT2D eigenvalue weighted by molar-refractivity contribution is 7.90. The lowest BCUT2D eigenvalue weighted by molar-refractivity contribution is -0.156. The smallest absolute Gasteiger partial charge is 0.306 e. The van der Waals surface area contributed by atoms with E-state index in [1.807, 2.05) is 0 Å². The van der Waals surface area contributed by atoms with Crippen molar-refractivity contribution < 1.29 is 37.1 Å². The van der Waals surface area contributed by atoms with Crippen molar-refractivity contribution in [3.63, 3.8) is 0 Å². The molecule has 1 aromatic heterocycles. The maximum Gasteiger partial charge on any atom is 0.306 e. The first kappa shape index (κ1) is 40.1. The molecular weight excluding hydrogens is 770 g/mol. The molecule has 8 rings (SSSR count). The minimum Gasteiger partial charge on any atom is -0.473 e. The van der Waals surface area contributed by atoms with Crippen molar-refractivity contribution >= 4 is 56.0 Å². The number of hydrogen-bond donors (Lipinski definition) is 1. The molecule has 2 amide bonds. The van der Waals surface area contributed by atoms with Gasteiger partial charge in [-0.25, -0.2) is 8.42 Å². The topological polar surface area (TPSA) is 158 Å². The molecule has 5 fully saturated rings. The Bertz CT molecular complexity index is 2110. The molecule has 0 unspecified atom stereocenters. The van der Waals surface area contributed by atoms with Gasteiger partial charge in [-0.3, -0.25) is 33.3 Å². The van der Waals surface area contributed by atoms with Gasteiger partial charge in [0.25, 0.3) is 5.56 Å². The quantitative estimate of drug-likeness (QED) is 0.240. The van der Waals surface area contributed by atoms with E-state index < -0.39 is 50.6 Å². The average molecular weight is 824 g/mol. The highest BCUT2D eigenvalue weighted by Crippen LogP contribution is 2.57. The Balaban J connectivity index is 1.14. The van der Waals surface area contributed by atoms with Crippen LogP contribution in [0.15, 0.2) is 41.7 Å². The molecule has 6 aliphatic rings. The fourth-order valence-electron chi connectivity index (χ4n) is 10.3. The van der Waals surface area contributed by atoms with Crippen molar-refractivity contribution in [3.05, 3.63) is 52.3 Å². The Morgan fingerprint density at radius 3 is 2.40 bits per heavy atom. The van der Waals surface area contributed by atoms with Gasteiger partial charge in [0, 0.05) is 35.9 Å². The number of pyridine rings is 1. The summed E-state index contributed by atoms with van der Waals surface area (Å²) in [6.07, 6.45) is 11.3. The van der Waals surface area contributed by atoms with Crippen molar-refractivity contribution in [2.75, 3.05) is 6.54 Å². The molecule has 2 aliphatic heterocycles. The van der Waals surface area contributed by atoms with Crippen LogP contribution in [0, 0.1) is 29.1 Å². The molecule has 1 aromatic carbocycles. The average Bonchev–Trinajstić information content (AvgIpc) is 3.96. The number of halogens is 1. The van der Waals surface area contributed by atoms with Crippen LogP contribution in [0.5, 0.6) is 5.88 Å². The van der Waals surface area contributed by atoms with Crippen LogP contribution in [-0.4, -0.2) is 71.5 Å². The molecule has 4 saturated carbocycles. The first-order valence-corrected chi connectivity index (χ1v) is 23.0. The number of carbonyl (C=O) groups is 4. The molecule has 14 heteroatoms. The SMILES string of the molecule is C=C[C@H]1C[C@]1(CC(=O)[C@@H]1C[C@@H]2CN1C(=O)[C@H](C1CCCC1)CC(=O)O[C@@H]1CCC[C@H]1CCCCCn1c(cc3cc(Cl)ccc3c1=O)O2)C(=O)NS(=O)(=O)C1CC1. The van der Waals surface area contributed by atoms with Crippen molar-refractivity contribution in [1.29, 1.82) is 0 Å². The first-order chi connectivity index (χ1) is 27.4. The Morgan fingerprint density at radius 2 is 1.67 bits per heavy atom. The lowest BCUT2D eigenvalue weighted by Gasteiger charge is -2.31. The number of allylic oxidation sites excluding steroid dienone is 1. The highest BCUT2D eigenvalue weighted by atomic mass is 35.5. The molecule has 0 spiro atoms. The number of carbonyl (C=O) groups excluding carboxylic acids is 4. The third-order valence-electron chi connectivity index (χ3n) is 13.8. The number of hydrogen-bond acceptors (Lipinski definition) is 9. The summed E-state index contributed by atoms with van der Waals surface area (Å²) in [7, 11) is -3.87. The van der Waals surface area contributed by atoms with Crippen molar-refractivity contribution in [2.45, 2.75) is 139 Å². The molecule has 1 saturated heterocycles. The summed E-state index contributed by atoms with van der Waals surface area (Å²) in [5.74, 6) is -2.40. The normalized spacial score (nSPS) is 31.4. The van der Waals surface area contributed by atoms with Gasteiger partial charge in [0.1, 0.15) is 12.2 Å². The van der Waals surface area contributed by atoms with Gasteiger partial charge in [0.05, 0.1) is 35.6 Å². The number of fused-ring (bicyclic) bond motifs is 5. The van der Waals surface area contributed by atoms with E-state index in [9.17, 15) is 32.4 Å². The largest absolute Gasteiger partial charge is 0.473 e. The second kappa shape index (κ2) is 16.2. The van der Waals surface area contributed by atoms with Crippen LogP contribution in [0.1, 0.15) is 109 Å². The molecule has 7 atom stereocenters. The van der Waals surface area contributed by atoms with E-state index in [1.54, 1.807) is 34.9 Å². The second-order valence-corrected chi connectivity index (χ2v) is 20.0. The Labute approximate surface area is 339 Å². The number of amides is 2. The van der Waals surface area contributed by atoms with E-state index in [2.05, 4.69) is 11.3 Å². The molecule has 1 N–H and O–H groups in total. The zero-order valence-electron chi connectivity index (χ0n) is 32.5. The van der Waals surface area contributed by atoms with Crippen molar-refractivity contribution in [3.8, 4) is 5.88 Å². The molecule has 3 heterocycles. The summed E-state index contributed by atoms with van der Waals surface area (Å²) in [6.45, 7) is 4.28. The van der Waals surface area contributed by atoms with Crippen LogP contribution < -0.4 is 15.0 Å². The number of Topliss-reactive ketones (excluding diaryl/α,β-unsaturated/α-hetero) is 1. The molecule has 57 heavy (non-hydrogen) atoms. The number of esters is 1.